The van der Waals surface area contributed by atoms with Gasteiger partial charge in [0.2, 0.25) is 5.12 Å². The first-order valence-corrected chi connectivity index (χ1v) is 4.79. The summed E-state index contributed by atoms with van der Waals surface area (Å²) >= 11 is 9.45. The maximum Gasteiger partial charge on any atom is 0.212 e. The molecule has 1 rings (SSSR count). The van der Waals surface area contributed by atoms with Crippen molar-refractivity contribution in [2.45, 2.75) is 18.1 Å². The Hall–Kier alpha value is -0.300. The van der Waals surface area contributed by atoms with Crippen molar-refractivity contribution in [2.75, 3.05) is 7.05 Å². The van der Waals surface area contributed by atoms with Gasteiger partial charge in [0.05, 0.1) is 0 Å². The minimum atomic E-state index is -0.648. The highest BCUT2D eigenvalue weighted by atomic mass is 32.1. The van der Waals surface area contributed by atoms with Gasteiger partial charge in [0.15, 0.2) is 5.11 Å². The zero-order valence-electron chi connectivity index (χ0n) is 7.66. The van der Waals surface area contributed by atoms with Gasteiger partial charge in [-0.25, -0.2) is 0 Å². The predicted octanol–water partition coefficient (Wildman–Crippen LogP) is 0.0161. The normalized spacial score (nSPS) is 30.1. The van der Waals surface area contributed by atoms with Crippen LogP contribution in [0.5, 0.6) is 0 Å². The monoisotopic (exact) mass is 218 g/mol. The first-order valence-electron chi connectivity index (χ1n) is 3.93. The van der Waals surface area contributed by atoms with Crippen molar-refractivity contribution in [1.29, 1.82) is 0 Å². The zero-order valence-corrected chi connectivity index (χ0v) is 9.38. The summed E-state index contributed by atoms with van der Waals surface area (Å²) in [6.07, 6.45) is 1.80. The van der Waals surface area contributed by atoms with Gasteiger partial charge < -0.3 is 4.90 Å². The lowest BCUT2D eigenvalue weighted by Crippen LogP contribution is -2.59. The average Bonchev–Trinajstić information content (AvgIpc) is 2.34. The van der Waals surface area contributed by atoms with E-state index < -0.39 is 5.12 Å². The van der Waals surface area contributed by atoms with E-state index in [1.807, 2.05) is 14.0 Å². The molecular weight excluding hydrogens is 204 g/mol. The molecule has 0 bridgehead atoms. The number of hydrogen-bond acceptors (Lipinski definition) is 4. The lowest BCUT2D eigenvalue weighted by Gasteiger charge is -2.32. The second-order valence-electron chi connectivity index (χ2n) is 2.96. The number of nitrogens with zero attached hydrogens (tertiary/aromatic N) is 1. The Kier molecular flexibility index (Phi) is 3.18. The molecule has 0 aliphatic carbocycles. The fraction of sp³-hybridized carbons (Fsp3) is 0.571. The van der Waals surface area contributed by atoms with Gasteiger partial charge in [-0.3, -0.25) is 10.7 Å². The Balaban J connectivity index is 2.66. The third kappa shape index (κ3) is 2.14. The topological polar surface area (TPSA) is 39.3 Å². The second-order valence-corrected chi connectivity index (χ2v) is 3.99. The maximum absolute atomic E-state index is 5.02. The molecule has 4 nitrogen and oxygen atoms in total. The van der Waals surface area contributed by atoms with Crippen LogP contribution in [-0.4, -0.2) is 28.2 Å². The van der Waals surface area contributed by atoms with Crippen LogP contribution in [0.4, 0.5) is 0 Å². The predicted molar refractivity (Wildman–Crippen MR) is 61.1 cm³/mol. The minimum absolute atomic E-state index is 0.148. The van der Waals surface area contributed by atoms with Crippen molar-refractivity contribution in [3.05, 3.63) is 12.7 Å². The molecule has 0 aromatic rings. The Bertz CT molecular complexity index is 233. The lowest BCUT2D eigenvalue weighted by molar-refractivity contribution is 0.244. The average molecular weight is 218 g/mol. The van der Waals surface area contributed by atoms with Gasteiger partial charge in [-0.2, -0.15) is 5.43 Å². The summed E-state index contributed by atoms with van der Waals surface area (Å²) < 4.78 is 0. The summed E-state index contributed by atoms with van der Waals surface area (Å²) in [6, 6.07) is 0.148. The molecule has 1 fully saturated rings. The van der Waals surface area contributed by atoms with Crippen LogP contribution < -0.4 is 16.2 Å². The minimum Gasteiger partial charge on any atom is -0.310 e. The summed E-state index contributed by atoms with van der Waals surface area (Å²) in [5.41, 5.74) is 5.76. The summed E-state index contributed by atoms with van der Waals surface area (Å²) in [7, 11) is 1.85. The number of thiocarbonyl (C=S) groups is 1. The highest BCUT2D eigenvalue weighted by Crippen LogP contribution is 2.16. The molecule has 74 valence electrons. The standard InChI is InChI=1S/C7H14N4S2/c1-4-5(2)8-7(13)10-9-6(12)11(7)3/h4-5,8,10,13H,1H2,2-3H3,(H,9,12). The fourth-order valence-electron chi connectivity index (χ4n) is 0.965. The van der Waals surface area contributed by atoms with Crippen molar-refractivity contribution < 1.29 is 0 Å². The largest absolute Gasteiger partial charge is 0.310 e. The van der Waals surface area contributed by atoms with Crippen molar-refractivity contribution >= 4 is 30.0 Å². The number of rotatable bonds is 3. The van der Waals surface area contributed by atoms with Gasteiger partial charge in [0, 0.05) is 13.1 Å². The molecule has 0 spiro atoms. The second kappa shape index (κ2) is 3.83. The highest BCUT2D eigenvalue weighted by molar-refractivity contribution is 7.82. The molecule has 13 heavy (non-hydrogen) atoms. The maximum atomic E-state index is 5.02. The summed E-state index contributed by atoms with van der Waals surface area (Å²) in [5.74, 6) is 0. The van der Waals surface area contributed by atoms with Crippen molar-refractivity contribution in [1.82, 2.24) is 21.1 Å². The fourth-order valence-corrected chi connectivity index (χ4v) is 1.58. The van der Waals surface area contributed by atoms with Crippen molar-refractivity contribution in [2.24, 2.45) is 0 Å². The number of nitrogens with one attached hydrogen (secondary N) is 3. The first-order chi connectivity index (χ1) is 5.99. The molecular formula is C7H14N4S2. The van der Waals surface area contributed by atoms with E-state index >= 15 is 0 Å². The quantitative estimate of drug-likeness (QED) is 0.233. The summed E-state index contributed by atoms with van der Waals surface area (Å²) in [5, 5.41) is 3.16. The first kappa shape index (κ1) is 10.8. The Morgan fingerprint density at radius 2 is 2.46 bits per heavy atom. The Morgan fingerprint density at radius 1 is 1.85 bits per heavy atom. The van der Waals surface area contributed by atoms with E-state index in [1.165, 1.54) is 0 Å². The molecule has 0 amide bonds. The molecule has 6 heteroatoms. The third-order valence-electron chi connectivity index (χ3n) is 1.92. The molecule has 0 aromatic heterocycles. The SMILES string of the molecule is C=CC(C)NC1(S)NNC(=S)N1C. The lowest BCUT2D eigenvalue weighted by atomic mass is 10.3. The molecule has 1 aliphatic heterocycles. The molecule has 1 aliphatic rings. The van der Waals surface area contributed by atoms with E-state index in [0.717, 1.165) is 0 Å². The van der Waals surface area contributed by atoms with Gasteiger partial charge in [0.25, 0.3) is 0 Å². The molecule has 0 aromatic carbocycles. The summed E-state index contributed by atoms with van der Waals surface area (Å²) in [6.45, 7) is 5.67. The van der Waals surface area contributed by atoms with Crippen LogP contribution in [0.15, 0.2) is 12.7 Å². The van der Waals surface area contributed by atoms with Gasteiger partial charge in [0.1, 0.15) is 0 Å². The van der Waals surface area contributed by atoms with Crippen LogP contribution in [0.3, 0.4) is 0 Å². The van der Waals surface area contributed by atoms with Crippen LogP contribution >= 0.6 is 24.8 Å². The van der Waals surface area contributed by atoms with Crippen LogP contribution in [0.25, 0.3) is 0 Å². The molecule has 3 N–H and O–H groups in total. The van der Waals surface area contributed by atoms with Gasteiger partial charge in [-0.05, 0) is 19.1 Å². The van der Waals surface area contributed by atoms with E-state index in [4.69, 9.17) is 12.2 Å². The third-order valence-corrected chi connectivity index (χ3v) is 2.83. The van der Waals surface area contributed by atoms with Crippen LogP contribution in [0, 0.1) is 0 Å². The Morgan fingerprint density at radius 3 is 2.85 bits per heavy atom. The highest BCUT2D eigenvalue weighted by Gasteiger charge is 2.38. The van der Waals surface area contributed by atoms with E-state index in [9.17, 15) is 0 Å². The van der Waals surface area contributed by atoms with E-state index in [0.29, 0.717) is 5.11 Å². The van der Waals surface area contributed by atoms with Crippen molar-refractivity contribution in [3.63, 3.8) is 0 Å². The smallest absolute Gasteiger partial charge is 0.212 e. The summed E-state index contributed by atoms with van der Waals surface area (Å²) in [4.78, 5) is 1.80. The van der Waals surface area contributed by atoms with E-state index in [1.54, 1.807) is 11.0 Å². The van der Waals surface area contributed by atoms with Crippen LogP contribution in [0.1, 0.15) is 6.92 Å². The number of hydrazine groups is 1. The number of thiol groups is 1. The van der Waals surface area contributed by atoms with Crippen LogP contribution in [-0.2, 0) is 0 Å². The Labute approximate surface area is 89.1 Å². The van der Waals surface area contributed by atoms with Crippen molar-refractivity contribution in [3.8, 4) is 0 Å². The molecule has 2 atom stereocenters. The number of hydrogen-bond donors (Lipinski definition) is 4. The molecule has 1 saturated heterocycles. The van der Waals surface area contributed by atoms with Gasteiger partial charge in [-0.15, -0.1) is 19.2 Å². The van der Waals surface area contributed by atoms with E-state index in [-0.39, 0.29) is 6.04 Å². The molecule has 0 saturated carbocycles. The zero-order chi connectivity index (χ0) is 10.1. The van der Waals surface area contributed by atoms with Gasteiger partial charge >= 0.3 is 0 Å². The molecule has 2 unspecified atom stereocenters. The van der Waals surface area contributed by atoms with Crippen LogP contribution in [0.2, 0.25) is 0 Å². The molecule has 1 heterocycles. The van der Waals surface area contributed by atoms with Gasteiger partial charge in [-0.1, -0.05) is 6.08 Å². The van der Waals surface area contributed by atoms with E-state index in [2.05, 4.69) is 35.4 Å². The molecule has 0 radical (unpaired) electrons.